The maximum atomic E-state index is 11.8. The summed E-state index contributed by atoms with van der Waals surface area (Å²) in [4.78, 5) is 26.5. The summed E-state index contributed by atoms with van der Waals surface area (Å²) >= 11 is 0. The van der Waals surface area contributed by atoms with Crippen molar-refractivity contribution in [2.75, 3.05) is 26.2 Å². The van der Waals surface area contributed by atoms with Crippen LogP contribution in [0, 0.1) is 0 Å². The van der Waals surface area contributed by atoms with E-state index in [2.05, 4.69) is 0 Å². The first-order valence-corrected chi connectivity index (χ1v) is 5.83. The highest BCUT2D eigenvalue weighted by Gasteiger charge is 2.22. The Morgan fingerprint density at radius 2 is 1.69 bits per heavy atom. The van der Waals surface area contributed by atoms with Gasteiger partial charge in [-0.2, -0.15) is 0 Å². The number of nitrogens with zero attached hydrogens (tertiary/aromatic N) is 2. The highest BCUT2D eigenvalue weighted by atomic mass is 16.2. The van der Waals surface area contributed by atoms with Crippen molar-refractivity contribution in [3.8, 4) is 0 Å². The van der Waals surface area contributed by atoms with E-state index in [1.165, 1.54) is 0 Å². The quantitative estimate of drug-likeness (QED) is 0.726. The Hall–Kier alpha value is -1.10. The lowest BCUT2D eigenvalue weighted by molar-refractivity contribution is -0.138. The molecule has 0 aromatic heterocycles. The second kappa shape index (κ2) is 5.84. The average molecular weight is 227 g/mol. The van der Waals surface area contributed by atoms with E-state index in [4.69, 9.17) is 5.73 Å². The number of hydrogen-bond donors (Lipinski definition) is 1. The van der Waals surface area contributed by atoms with Crippen LogP contribution in [-0.2, 0) is 9.59 Å². The number of piperazine rings is 1. The molecule has 92 valence electrons. The highest BCUT2D eigenvalue weighted by Crippen LogP contribution is 2.06. The molecule has 0 bridgehead atoms. The van der Waals surface area contributed by atoms with Gasteiger partial charge in [-0.25, -0.2) is 0 Å². The van der Waals surface area contributed by atoms with Crippen LogP contribution >= 0.6 is 0 Å². The van der Waals surface area contributed by atoms with Gasteiger partial charge in [-0.05, 0) is 6.42 Å². The minimum atomic E-state index is -0.0432. The van der Waals surface area contributed by atoms with Crippen LogP contribution in [0.5, 0.6) is 0 Å². The molecule has 5 nitrogen and oxygen atoms in total. The second-order valence-corrected chi connectivity index (χ2v) is 4.26. The normalized spacial score (nSPS) is 18.4. The molecular formula is C11H21N3O2. The third kappa shape index (κ3) is 3.48. The average Bonchev–Trinajstić information content (AvgIpc) is 2.28. The van der Waals surface area contributed by atoms with Crippen molar-refractivity contribution in [2.45, 2.75) is 32.7 Å². The van der Waals surface area contributed by atoms with Crippen LogP contribution in [0.2, 0.25) is 0 Å². The van der Waals surface area contributed by atoms with Crippen LogP contribution in [-0.4, -0.2) is 53.8 Å². The van der Waals surface area contributed by atoms with Gasteiger partial charge in [-0.15, -0.1) is 0 Å². The van der Waals surface area contributed by atoms with Crippen molar-refractivity contribution in [3.05, 3.63) is 0 Å². The van der Waals surface area contributed by atoms with E-state index in [9.17, 15) is 9.59 Å². The summed E-state index contributed by atoms with van der Waals surface area (Å²) in [5.41, 5.74) is 5.74. The van der Waals surface area contributed by atoms with Crippen molar-refractivity contribution >= 4 is 11.8 Å². The fourth-order valence-corrected chi connectivity index (χ4v) is 1.77. The molecule has 1 atom stereocenters. The first-order chi connectivity index (χ1) is 7.54. The van der Waals surface area contributed by atoms with E-state index < -0.39 is 0 Å². The summed E-state index contributed by atoms with van der Waals surface area (Å²) in [6.07, 6.45) is 1.23. The van der Waals surface area contributed by atoms with Crippen LogP contribution < -0.4 is 5.73 Å². The summed E-state index contributed by atoms with van der Waals surface area (Å²) in [6, 6.07) is -0.0432. The van der Waals surface area contributed by atoms with Crippen LogP contribution in [0.1, 0.15) is 26.7 Å². The Morgan fingerprint density at radius 1 is 1.19 bits per heavy atom. The topological polar surface area (TPSA) is 66.6 Å². The molecular weight excluding hydrogens is 206 g/mol. The molecule has 1 aliphatic rings. The number of nitrogens with two attached hydrogens (primary N) is 1. The predicted octanol–water partition coefficient (Wildman–Crippen LogP) is -0.195. The zero-order valence-electron chi connectivity index (χ0n) is 10.1. The third-order valence-corrected chi connectivity index (χ3v) is 3.04. The summed E-state index contributed by atoms with van der Waals surface area (Å²) in [5, 5.41) is 0. The van der Waals surface area contributed by atoms with Gasteiger partial charge >= 0.3 is 0 Å². The molecule has 2 N–H and O–H groups in total. The zero-order chi connectivity index (χ0) is 12.1. The third-order valence-electron chi connectivity index (χ3n) is 3.04. The van der Waals surface area contributed by atoms with Crippen molar-refractivity contribution in [1.29, 1.82) is 0 Å². The number of amides is 2. The SMILES string of the molecule is CCC(N)CC(=O)N1CCN(C(C)=O)CC1. The van der Waals surface area contributed by atoms with Gasteiger partial charge < -0.3 is 15.5 Å². The smallest absolute Gasteiger partial charge is 0.224 e. The fraction of sp³-hybridized carbons (Fsp3) is 0.818. The van der Waals surface area contributed by atoms with Crippen LogP contribution in [0.15, 0.2) is 0 Å². The number of carbonyl (C=O) groups excluding carboxylic acids is 2. The molecule has 1 saturated heterocycles. The first-order valence-electron chi connectivity index (χ1n) is 5.83. The predicted molar refractivity (Wildman–Crippen MR) is 61.7 cm³/mol. The van der Waals surface area contributed by atoms with Crippen molar-refractivity contribution in [1.82, 2.24) is 9.80 Å². The lowest BCUT2D eigenvalue weighted by atomic mass is 10.1. The zero-order valence-corrected chi connectivity index (χ0v) is 10.1. The van der Waals surface area contributed by atoms with E-state index in [1.807, 2.05) is 6.92 Å². The number of rotatable bonds is 3. The summed E-state index contributed by atoms with van der Waals surface area (Å²) in [7, 11) is 0. The van der Waals surface area contributed by atoms with E-state index in [0.717, 1.165) is 6.42 Å². The minimum absolute atomic E-state index is 0.0432. The Labute approximate surface area is 96.6 Å². The number of carbonyl (C=O) groups is 2. The summed E-state index contributed by atoms with van der Waals surface area (Å²) in [6.45, 7) is 6.09. The fourth-order valence-electron chi connectivity index (χ4n) is 1.77. The van der Waals surface area contributed by atoms with Crippen LogP contribution in [0.25, 0.3) is 0 Å². The van der Waals surface area contributed by atoms with Crippen LogP contribution in [0.4, 0.5) is 0 Å². The lowest BCUT2D eigenvalue weighted by Crippen LogP contribution is -2.50. The summed E-state index contributed by atoms with van der Waals surface area (Å²) < 4.78 is 0. The lowest BCUT2D eigenvalue weighted by Gasteiger charge is -2.34. The van der Waals surface area contributed by atoms with E-state index in [1.54, 1.807) is 16.7 Å². The van der Waals surface area contributed by atoms with Crippen molar-refractivity contribution in [3.63, 3.8) is 0 Å². The Morgan fingerprint density at radius 3 is 2.12 bits per heavy atom. The van der Waals surface area contributed by atoms with Gasteiger partial charge in [-0.1, -0.05) is 6.92 Å². The molecule has 0 aromatic carbocycles. The molecule has 0 aromatic rings. The van der Waals surface area contributed by atoms with Crippen LogP contribution in [0.3, 0.4) is 0 Å². The van der Waals surface area contributed by atoms with Gasteiger partial charge in [0.05, 0.1) is 0 Å². The molecule has 1 fully saturated rings. The Balaban J connectivity index is 2.36. The Kier molecular flexibility index (Phi) is 4.73. The van der Waals surface area contributed by atoms with Gasteiger partial charge in [-0.3, -0.25) is 9.59 Å². The molecule has 1 heterocycles. The highest BCUT2D eigenvalue weighted by molar-refractivity contribution is 5.78. The second-order valence-electron chi connectivity index (χ2n) is 4.26. The van der Waals surface area contributed by atoms with E-state index >= 15 is 0 Å². The van der Waals surface area contributed by atoms with Gasteiger partial charge in [0.15, 0.2) is 0 Å². The first kappa shape index (κ1) is 13.0. The van der Waals surface area contributed by atoms with E-state index in [0.29, 0.717) is 32.6 Å². The van der Waals surface area contributed by atoms with Crippen molar-refractivity contribution < 1.29 is 9.59 Å². The molecule has 1 aliphatic heterocycles. The molecule has 2 amide bonds. The van der Waals surface area contributed by atoms with Gasteiger partial charge in [0.25, 0.3) is 0 Å². The largest absolute Gasteiger partial charge is 0.339 e. The van der Waals surface area contributed by atoms with E-state index in [-0.39, 0.29) is 17.9 Å². The molecule has 0 saturated carbocycles. The maximum absolute atomic E-state index is 11.8. The molecule has 0 aliphatic carbocycles. The Bertz CT molecular complexity index is 260. The molecule has 5 heteroatoms. The van der Waals surface area contributed by atoms with Gasteiger partial charge in [0.1, 0.15) is 0 Å². The maximum Gasteiger partial charge on any atom is 0.224 e. The molecule has 16 heavy (non-hydrogen) atoms. The standard InChI is InChI=1S/C11H21N3O2/c1-3-10(12)8-11(16)14-6-4-13(5-7-14)9(2)15/h10H,3-8,12H2,1-2H3. The summed E-state index contributed by atoms with van der Waals surface area (Å²) in [5.74, 6) is 0.190. The van der Waals surface area contributed by atoms with Gasteiger partial charge in [0, 0.05) is 45.6 Å². The molecule has 1 unspecified atom stereocenters. The molecule has 0 spiro atoms. The minimum Gasteiger partial charge on any atom is -0.339 e. The molecule has 0 radical (unpaired) electrons. The monoisotopic (exact) mass is 227 g/mol. The molecule has 1 rings (SSSR count). The van der Waals surface area contributed by atoms with Gasteiger partial charge in [0.2, 0.25) is 11.8 Å². The van der Waals surface area contributed by atoms with Crippen molar-refractivity contribution in [2.24, 2.45) is 5.73 Å². The number of hydrogen-bond acceptors (Lipinski definition) is 3.